The van der Waals surface area contributed by atoms with Crippen molar-refractivity contribution in [2.24, 2.45) is 4.99 Å². The molecular weight excluding hydrogens is 414 g/mol. The molecule has 0 spiro atoms. The van der Waals surface area contributed by atoms with Crippen molar-refractivity contribution in [2.75, 3.05) is 44.9 Å². The van der Waals surface area contributed by atoms with Gasteiger partial charge in [-0.3, -0.25) is 0 Å². The fourth-order valence-electron chi connectivity index (χ4n) is 3.44. The highest BCUT2D eigenvalue weighted by Gasteiger charge is 2.15. The van der Waals surface area contributed by atoms with Gasteiger partial charge in [0.2, 0.25) is 5.89 Å². The Morgan fingerprint density at radius 2 is 2.09 bits per heavy atom. The van der Waals surface area contributed by atoms with Crippen molar-refractivity contribution in [3.63, 3.8) is 0 Å². The summed E-state index contributed by atoms with van der Waals surface area (Å²) >= 11 is 0. The number of rotatable bonds is 9. The number of ether oxygens (including phenoxy) is 4. The van der Waals surface area contributed by atoms with Gasteiger partial charge in [-0.1, -0.05) is 5.16 Å². The number of aromatic nitrogens is 2. The molecule has 4 rings (SSSR count). The minimum absolute atomic E-state index is 0.249. The third-order valence-corrected chi connectivity index (χ3v) is 5.04. The highest BCUT2D eigenvalue weighted by Crippen LogP contribution is 2.32. The second-order valence-electron chi connectivity index (χ2n) is 7.73. The third kappa shape index (κ3) is 6.83. The van der Waals surface area contributed by atoms with Gasteiger partial charge >= 0.3 is 0 Å². The summed E-state index contributed by atoms with van der Waals surface area (Å²) in [5.41, 5.74) is 0.844. The van der Waals surface area contributed by atoms with E-state index in [1.165, 1.54) is 0 Å². The Kier molecular flexibility index (Phi) is 8.16. The van der Waals surface area contributed by atoms with Crippen LogP contribution in [0.3, 0.4) is 0 Å². The quantitative estimate of drug-likeness (QED) is 0.342. The lowest BCUT2D eigenvalue weighted by Gasteiger charge is -2.15. The first-order valence-electron chi connectivity index (χ1n) is 11.2. The van der Waals surface area contributed by atoms with Crippen molar-refractivity contribution in [1.82, 2.24) is 15.5 Å². The zero-order chi connectivity index (χ0) is 22.0. The van der Waals surface area contributed by atoms with Crippen LogP contribution in [0.4, 0.5) is 5.69 Å². The number of nitrogens with one attached hydrogen (secondary N) is 2. The topological polar surface area (TPSA) is 112 Å². The predicted octanol–water partition coefficient (Wildman–Crippen LogP) is 2.68. The van der Waals surface area contributed by atoms with Crippen molar-refractivity contribution in [2.45, 2.75) is 45.3 Å². The molecule has 10 heteroatoms. The summed E-state index contributed by atoms with van der Waals surface area (Å²) in [6.45, 7) is 6.22. The van der Waals surface area contributed by atoms with Crippen LogP contribution < -0.4 is 20.1 Å². The average Bonchev–Trinajstić information content (AvgIpc) is 3.40. The molecule has 1 fully saturated rings. The van der Waals surface area contributed by atoms with Crippen LogP contribution in [0.25, 0.3) is 0 Å². The number of guanidine groups is 1. The van der Waals surface area contributed by atoms with Gasteiger partial charge in [-0.25, -0.2) is 4.99 Å². The monoisotopic (exact) mass is 445 g/mol. The van der Waals surface area contributed by atoms with Crippen LogP contribution in [0.2, 0.25) is 0 Å². The molecule has 0 radical (unpaired) electrons. The first-order chi connectivity index (χ1) is 15.8. The Labute approximate surface area is 187 Å². The summed E-state index contributed by atoms with van der Waals surface area (Å²) in [4.78, 5) is 8.79. The number of aliphatic imine (C=N–C) groups is 1. The SMILES string of the molecule is Cc1noc(CN=C(NCCCOCC2CCCO2)Nc2ccc3c(c2)OCCCO3)n1. The van der Waals surface area contributed by atoms with Crippen LogP contribution in [-0.2, 0) is 16.0 Å². The van der Waals surface area contributed by atoms with Crippen molar-refractivity contribution in [1.29, 1.82) is 0 Å². The first kappa shape index (κ1) is 22.3. The summed E-state index contributed by atoms with van der Waals surface area (Å²) in [5, 5.41) is 10.5. The number of fused-ring (bicyclic) bond motifs is 1. The largest absolute Gasteiger partial charge is 0.490 e. The minimum Gasteiger partial charge on any atom is -0.490 e. The molecule has 10 nitrogen and oxygen atoms in total. The van der Waals surface area contributed by atoms with E-state index in [1.807, 2.05) is 18.2 Å². The summed E-state index contributed by atoms with van der Waals surface area (Å²) in [5.74, 6) is 3.13. The molecule has 174 valence electrons. The van der Waals surface area contributed by atoms with Gasteiger partial charge in [0.1, 0.15) is 6.54 Å². The Balaban J connectivity index is 1.31. The maximum atomic E-state index is 5.79. The Morgan fingerprint density at radius 1 is 1.19 bits per heavy atom. The average molecular weight is 446 g/mol. The van der Waals surface area contributed by atoms with Gasteiger partial charge in [-0.15, -0.1) is 0 Å². The second-order valence-corrected chi connectivity index (χ2v) is 7.73. The molecule has 1 saturated heterocycles. The highest BCUT2D eigenvalue weighted by molar-refractivity contribution is 5.93. The number of hydrogen-bond acceptors (Lipinski definition) is 8. The Morgan fingerprint density at radius 3 is 2.91 bits per heavy atom. The molecule has 32 heavy (non-hydrogen) atoms. The van der Waals surface area contributed by atoms with E-state index in [2.05, 4.69) is 25.8 Å². The van der Waals surface area contributed by atoms with Gasteiger partial charge in [0.05, 0.1) is 25.9 Å². The van der Waals surface area contributed by atoms with E-state index in [9.17, 15) is 0 Å². The summed E-state index contributed by atoms with van der Waals surface area (Å²) < 4.78 is 28.0. The molecule has 0 saturated carbocycles. The Hall–Kier alpha value is -2.85. The minimum atomic E-state index is 0.249. The molecule has 1 atom stereocenters. The molecule has 0 bridgehead atoms. The lowest BCUT2D eigenvalue weighted by atomic mass is 10.2. The number of nitrogens with zero attached hydrogens (tertiary/aromatic N) is 3. The van der Waals surface area contributed by atoms with Crippen LogP contribution in [0.15, 0.2) is 27.7 Å². The van der Waals surface area contributed by atoms with Gasteiger partial charge in [-0.2, -0.15) is 4.98 Å². The zero-order valence-corrected chi connectivity index (χ0v) is 18.5. The molecule has 1 unspecified atom stereocenters. The van der Waals surface area contributed by atoms with Crippen molar-refractivity contribution >= 4 is 11.6 Å². The molecule has 3 heterocycles. The second kappa shape index (κ2) is 11.7. The van der Waals surface area contributed by atoms with E-state index in [0.717, 1.165) is 49.5 Å². The number of benzene rings is 1. The predicted molar refractivity (Wildman–Crippen MR) is 118 cm³/mol. The van der Waals surface area contributed by atoms with Gasteiger partial charge in [0, 0.05) is 37.9 Å². The van der Waals surface area contributed by atoms with Gasteiger partial charge in [-0.05, 0) is 38.3 Å². The van der Waals surface area contributed by atoms with E-state index in [0.29, 0.717) is 50.6 Å². The standard InChI is InChI=1S/C22H31N5O5/c1-16-25-21(32-27-16)14-24-22(23-8-3-9-28-15-18-5-2-10-29-18)26-17-6-7-19-20(13-17)31-12-4-11-30-19/h6-7,13,18H,2-5,8-12,14-15H2,1H3,(H2,23,24,26). The first-order valence-corrected chi connectivity index (χ1v) is 11.2. The van der Waals surface area contributed by atoms with Crippen molar-refractivity contribution in [3.05, 3.63) is 29.9 Å². The normalized spacial score (nSPS) is 18.4. The zero-order valence-electron chi connectivity index (χ0n) is 18.5. The lowest BCUT2D eigenvalue weighted by molar-refractivity contribution is 0.0168. The van der Waals surface area contributed by atoms with E-state index < -0.39 is 0 Å². The van der Waals surface area contributed by atoms with Crippen LogP contribution in [0, 0.1) is 6.92 Å². The van der Waals surface area contributed by atoms with Crippen LogP contribution >= 0.6 is 0 Å². The number of anilines is 1. The molecule has 2 N–H and O–H groups in total. The third-order valence-electron chi connectivity index (χ3n) is 5.04. The maximum absolute atomic E-state index is 5.79. The van der Waals surface area contributed by atoms with E-state index in [4.69, 9.17) is 23.5 Å². The maximum Gasteiger partial charge on any atom is 0.248 e. The van der Waals surface area contributed by atoms with Gasteiger partial charge in [0.25, 0.3) is 0 Å². The van der Waals surface area contributed by atoms with E-state index in [1.54, 1.807) is 6.92 Å². The lowest BCUT2D eigenvalue weighted by Crippen LogP contribution is -2.32. The van der Waals surface area contributed by atoms with Gasteiger partial charge in [0.15, 0.2) is 23.3 Å². The fourth-order valence-corrected chi connectivity index (χ4v) is 3.44. The molecule has 0 amide bonds. The molecule has 2 aliphatic rings. The summed E-state index contributed by atoms with van der Waals surface area (Å²) in [7, 11) is 0. The van der Waals surface area contributed by atoms with E-state index in [-0.39, 0.29) is 12.6 Å². The molecule has 1 aromatic heterocycles. The molecule has 1 aromatic carbocycles. The summed E-state index contributed by atoms with van der Waals surface area (Å²) in [6, 6.07) is 5.76. The fraction of sp³-hybridized carbons (Fsp3) is 0.591. The van der Waals surface area contributed by atoms with E-state index >= 15 is 0 Å². The smallest absolute Gasteiger partial charge is 0.248 e. The molecule has 2 aromatic rings. The Bertz CT molecular complexity index is 881. The number of hydrogen-bond donors (Lipinski definition) is 2. The van der Waals surface area contributed by atoms with Gasteiger partial charge < -0.3 is 34.1 Å². The van der Waals surface area contributed by atoms with Crippen LogP contribution in [0.1, 0.15) is 37.4 Å². The highest BCUT2D eigenvalue weighted by atomic mass is 16.5. The molecular formula is C22H31N5O5. The van der Waals surface area contributed by atoms with Crippen molar-refractivity contribution in [3.8, 4) is 11.5 Å². The van der Waals surface area contributed by atoms with Crippen LogP contribution in [0.5, 0.6) is 11.5 Å². The van der Waals surface area contributed by atoms with Crippen LogP contribution in [-0.4, -0.2) is 61.8 Å². The molecule has 0 aliphatic carbocycles. The number of aryl methyl sites for hydroxylation is 1. The molecule has 2 aliphatic heterocycles. The summed E-state index contributed by atoms with van der Waals surface area (Å²) in [6.07, 6.45) is 4.17. The van der Waals surface area contributed by atoms with Crippen molar-refractivity contribution < 1.29 is 23.5 Å².